The minimum Gasteiger partial charge on any atom is -0.379 e. The van der Waals surface area contributed by atoms with Gasteiger partial charge in [0.1, 0.15) is 4.90 Å². The number of hydrogen-bond donors (Lipinski definition) is 2. The van der Waals surface area contributed by atoms with Crippen LogP contribution in [0.4, 0.5) is 8.78 Å². The number of hydrazine groups is 1. The second kappa shape index (κ2) is 6.75. The summed E-state index contributed by atoms with van der Waals surface area (Å²) >= 11 is 0. The Morgan fingerprint density at radius 3 is 2.57 bits per heavy atom. The third-order valence-corrected chi connectivity index (χ3v) is 4.36. The van der Waals surface area contributed by atoms with Gasteiger partial charge in [-0.15, -0.1) is 4.83 Å². The standard InChI is InChI=1S/C12H17F2N3O3S/c1-15-8-9-6-10(13)12(14)11(7-9)21(18,19)16-17-2-4-20-5-3-17/h6-7,15-16H,2-5,8H2,1H3. The van der Waals surface area contributed by atoms with Gasteiger partial charge >= 0.3 is 0 Å². The molecule has 1 aliphatic rings. The number of morpholine rings is 1. The molecule has 21 heavy (non-hydrogen) atoms. The summed E-state index contributed by atoms with van der Waals surface area (Å²) in [5, 5.41) is 4.16. The Morgan fingerprint density at radius 2 is 1.95 bits per heavy atom. The van der Waals surface area contributed by atoms with Crippen molar-refractivity contribution in [2.45, 2.75) is 11.4 Å². The molecule has 2 N–H and O–H groups in total. The molecule has 0 atom stereocenters. The van der Waals surface area contributed by atoms with E-state index in [1.54, 1.807) is 7.05 Å². The summed E-state index contributed by atoms with van der Waals surface area (Å²) in [4.78, 5) is 1.55. The molecule has 1 aromatic carbocycles. The summed E-state index contributed by atoms with van der Waals surface area (Å²) in [6, 6.07) is 2.09. The van der Waals surface area contributed by atoms with Gasteiger partial charge in [0.2, 0.25) is 0 Å². The van der Waals surface area contributed by atoms with Crippen molar-refractivity contribution in [3.8, 4) is 0 Å². The molecule has 118 valence electrons. The summed E-state index contributed by atoms with van der Waals surface area (Å²) < 4.78 is 56.9. The van der Waals surface area contributed by atoms with Crippen molar-refractivity contribution in [1.82, 2.24) is 15.2 Å². The van der Waals surface area contributed by atoms with Crippen LogP contribution in [0, 0.1) is 11.6 Å². The Hall–Kier alpha value is -1.13. The van der Waals surface area contributed by atoms with E-state index in [0.29, 0.717) is 31.9 Å². The zero-order chi connectivity index (χ0) is 15.5. The molecule has 1 saturated heterocycles. The van der Waals surface area contributed by atoms with Gasteiger partial charge in [-0.2, -0.15) is 0 Å². The van der Waals surface area contributed by atoms with Crippen LogP contribution in [0.25, 0.3) is 0 Å². The zero-order valence-electron chi connectivity index (χ0n) is 11.5. The summed E-state index contributed by atoms with van der Waals surface area (Å²) in [5.41, 5.74) is 0.346. The van der Waals surface area contributed by atoms with Crippen molar-refractivity contribution < 1.29 is 21.9 Å². The smallest absolute Gasteiger partial charge is 0.256 e. The maximum atomic E-state index is 13.8. The highest BCUT2D eigenvalue weighted by molar-refractivity contribution is 7.89. The zero-order valence-corrected chi connectivity index (χ0v) is 12.3. The average Bonchev–Trinajstić information content (AvgIpc) is 2.43. The van der Waals surface area contributed by atoms with E-state index in [1.807, 2.05) is 0 Å². The van der Waals surface area contributed by atoms with Crippen LogP contribution < -0.4 is 10.1 Å². The van der Waals surface area contributed by atoms with Gasteiger partial charge in [-0.3, -0.25) is 0 Å². The van der Waals surface area contributed by atoms with E-state index in [-0.39, 0.29) is 6.54 Å². The highest BCUT2D eigenvalue weighted by atomic mass is 32.2. The monoisotopic (exact) mass is 321 g/mol. The lowest BCUT2D eigenvalue weighted by Crippen LogP contribution is -2.48. The molecule has 0 unspecified atom stereocenters. The van der Waals surface area contributed by atoms with E-state index in [4.69, 9.17) is 4.74 Å². The summed E-state index contributed by atoms with van der Waals surface area (Å²) in [6.07, 6.45) is 0. The van der Waals surface area contributed by atoms with Crippen LogP contribution in [0.1, 0.15) is 5.56 Å². The van der Waals surface area contributed by atoms with Crippen LogP contribution in [-0.4, -0.2) is 46.8 Å². The van der Waals surface area contributed by atoms with Gasteiger partial charge in [0.05, 0.1) is 13.2 Å². The molecule has 0 amide bonds. The minimum absolute atomic E-state index is 0.233. The third kappa shape index (κ3) is 3.95. The van der Waals surface area contributed by atoms with E-state index >= 15 is 0 Å². The molecule has 0 aromatic heterocycles. The Balaban J connectivity index is 2.29. The molecule has 6 nitrogen and oxygen atoms in total. The van der Waals surface area contributed by atoms with Crippen molar-refractivity contribution >= 4 is 10.0 Å². The third-order valence-electron chi connectivity index (χ3n) is 2.99. The number of nitrogens with one attached hydrogen (secondary N) is 2. The predicted octanol–water partition coefficient (Wildman–Crippen LogP) is 0.210. The lowest BCUT2D eigenvalue weighted by molar-refractivity contribution is 0.0272. The number of sulfonamides is 1. The molecule has 9 heteroatoms. The van der Waals surface area contributed by atoms with Crippen molar-refractivity contribution in [2.24, 2.45) is 0 Å². The summed E-state index contributed by atoms with van der Waals surface area (Å²) in [6.45, 7) is 1.68. The first-order valence-corrected chi connectivity index (χ1v) is 7.90. The van der Waals surface area contributed by atoms with Gasteiger partial charge in [0.15, 0.2) is 11.6 Å². The highest BCUT2D eigenvalue weighted by Gasteiger charge is 2.26. The fourth-order valence-corrected chi connectivity index (χ4v) is 3.25. The molecule has 1 aromatic rings. The molecule has 2 rings (SSSR count). The normalized spacial score (nSPS) is 17.1. The second-order valence-electron chi connectivity index (χ2n) is 4.61. The maximum absolute atomic E-state index is 13.8. The number of benzene rings is 1. The van der Waals surface area contributed by atoms with Crippen molar-refractivity contribution in [2.75, 3.05) is 33.4 Å². The number of hydrogen-bond acceptors (Lipinski definition) is 5. The van der Waals surface area contributed by atoms with Crippen LogP contribution in [0.5, 0.6) is 0 Å². The predicted molar refractivity (Wildman–Crippen MR) is 71.8 cm³/mol. The van der Waals surface area contributed by atoms with E-state index in [9.17, 15) is 17.2 Å². The van der Waals surface area contributed by atoms with Crippen LogP contribution >= 0.6 is 0 Å². The molecule has 1 fully saturated rings. The molecule has 0 spiro atoms. The highest BCUT2D eigenvalue weighted by Crippen LogP contribution is 2.20. The lowest BCUT2D eigenvalue weighted by atomic mass is 10.2. The largest absolute Gasteiger partial charge is 0.379 e. The van der Waals surface area contributed by atoms with Gasteiger partial charge < -0.3 is 10.1 Å². The quantitative estimate of drug-likeness (QED) is 0.811. The van der Waals surface area contributed by atoms with Gasteiger partial charge in [-0.1, -0.05) is 0 Å². The maximum Gasteiger partial charge on any atom is 0.256 e. The molecule has 1 heterocycles. The fraction of sp³-hybridized carbons (Fsp3) is 0.500. The molecule has 0 bridgehead atoms. The van der Waals surface area contributed by atoms with Crippen LogP contribution in [0.2, 0.25) is 0 Å². The first-order chi connectivity index (χ1) is 9.94. The Labute approximate surface area is 122 Å². The van der Waals surface area contributed by atoms with Gasteiger partial charge in [0, 0.05) is 19.6 Å². The van der Waals surface area contributed by atoms with E-state index < -0.39 is 26.6 Å². The van der Waals surface area contributed by atoms with Gasteiger partial charge in [-0.05, 0) is 24.7 Å². The fourth-order valence-electron chi connectivity index (χ4n) is 1.99. The minimum atomic E-state index is -4.18. The van der Waals surface area contributed by atoms with E-state index in [0.717, 1.165) is 12.1 Å². The van der Waals surface area contributed by atoms with Crippen molar-refractivity contribution in [1.29, 1.82) is 0 Å². The lowest BCUT2D eigenvalue weighted by Gasteiger charge is -2.26. The number of nitrogens with zero attached hydrogens (tertiary/aromatic N) is 1. The SMILES string of the molecule is CNCc1cc(F)c(F)c(S(=O)(=O)NN2CCOCC2)c1. The topological polar surface area (TPSA) is 70.7 Å². The van der Waals surface area contributed by atoms with E-state index in [2.05, 4.69) is 10.1 Å². The molecule has 0 aliphatic carbocycles. The van der Waals surface area contributed by atoms with Crippen LogP contribution in [0.3, 0.4) is 0 Å². The van der Waals surface area contributed by atoms with Crippen molar-refractivity contribution in [3.05, 3.63) is 29.3 Å². The summed E-state index contributed by atoms with van der Waals surface area (Å²) in [7, 11) is -2.55. The Kier molecular flexibility index (Phi) is 5.22. The van der Waals surface area contributed by atoms with Crippen molar-refractivity contribution in [3.63, 3.8) is 0 Å². The second-order valence-corrected chi connectivity index (χ2v) is 6.24. The first-order valence-electron chi connectivity index (χ1n) is 6.41. The van der Waals surface area contributed by atoms with Gasteiger partial charge in [-0.25, -0.2) is 22.2 Å². The Bertz CT molecular complexity index is 604. The van der Waals surface area contributed by atoms with Crippen LogP contribution in [-0.2, 0) is 21.3 Å². The molecular formula is C12H17F2N3O3S. The molecule has 1 aliphatic heterocycles. The number of halogens is 2. The Morgan fingerprint density at radius 1 is 1.29 bits per heavy atom. The summed E-state index contributed by atoms with van der Waals surface area (Å²) in [5.74, 6) is -2.57. The molecule has 0 saturated carbocycles. The number of ether oxygens (including phenoxy) is 1. The number of rotatable bonds is 5. The molecular weight excluding hydrogens is 304 g/mol. The first kappa shape index (κ1) is 16.2. The van der Waals surface area contributed by atoms with Crippen LogP contribution in [0.15, 0.2) is 17.0 Å². The average molecular weight is 321 g/mol. The van der Waals surface area contributed by atoms with Gasteiger partial charge in [0.25, 0.3) is 10.0 Å². The van der Waals surface area contributed by atoms with E-state index in [1.165, 1.54) is 5.01 Å². The molecule has 0 radical (unpaired) electrons.